The molecular formula is C19H24N2O4S2. The van der Waals surface area contributed by atoms with E-state index in [0.717, 1.165) is 9.20 Å². The molecule has 0 spiro atoms. The monoisotopic (exact) mass is 408 g/mol. The van der Waals surface area contributed by atoms with Crippen LogP contribution in [0.4, 0.5) is 5.69 Å². The lowest BCUT2D eigenvalue weighted by Crippen LogP contribution is -2.24. The van der Waals surface area contributed by atoms with Crippen LogP contribution in [0.5, 0.6) is 5.75 Å². The highest BCUT2D eigenvalue weighted by Crippen LogP contribution is 2.30. The van der Waals surface area contributed by atoms with Gasteiger partial charge in [-0.1, -0.05) is 18.2 Å². The van der Waals surface area contributed by atoms with E-state index in [0.29, 0.717) is 12.3 Å². The van der Waals surface area contributed by atoms with E-state index in [4.69, 9.17) is 4.74 Å². The van der Waals surface area contributed by atoms with Crippen LogP contribution in [0.25, 0.3) is 0 Å². The summed E-state index contributed by atoms with van der Waals surface area (Å²) in [5.41, 5.74) is 0.407. The maximum absolute atomic E-state index is 12.6. The third-order valence-electron chi connectivity index (χ3n) is 3.70. The molecule has 0 aliphatic rings. The van der Waals surface area contributed by atoms with Gasteiger partial charge in [0.15, 0.2) is 0 Å². The minimum absolute atomic E-state index is 0.0236. The molecule has 2 aromatic rings. The van der Waals surface area contributed by atoms with Gasteiger partial charge in [0.1, 0.15) is 10.6 Å². The predicted octanol–water partition coefficient (Wildman–Crippen LogP) is 3.45. The minimum atomic E-state index is -3.71. The number of nitrogens with one attached hydrogen (secondary N) is 1. The van der Waals surface area contributed by atoms with Crippen molar-refractivity contribution in [1.29, 1.82) is 0 Å². The first-order valence-electron chi connectivity index (χ1n) is 8.47. The van der Waals surface area contributed by atoms with Crippen molar-refractivity contribution in [2.75, 3.05) is 26.0 Å². The van der Waals surface area contributed by atoms with Gasteiger partial charge in [0.2, 0.25) is 15.9 Å². The molecule has 0 unspecified atom stereocenters. The van der Waals surface area contributed by atoms with Gasteiger partial charge in [0.05, 0.1) is 11.9 Å². The molecule has 27 heavy (non-hydrogen) atoms. The molecule has 2 aromatic carbocycles. The Morgan fingerprint density at radius 3 is 2.44 bits per heavy atom. The maximum Gasteiger partial charge on any atom is 0.246 e. The van der Waals surface area contributed by atoms with Gasteiger partial charge in [-0.05, 0) is 44.2 Å². The van der Waals surface area contributed by atoms with E-state index in [9.17, 15) is 13.2 Å². The molecule has 8 heteroatoms. The highest BCUT2D eigenvalue weighted by atomic mass is 32.2. The van der Waals surface area contributed by atoms with E-state index in [-0.39, 0.29) is 21.8 Å². The zero-order chi connectivity index (χ0) is 20.0. The molecule has 0 heterocycles. The Labute approximate surface area is 165 Å². The van der Waals surface area contributed by atoms with Crippen LogP contribution in [0.3, 0.4) is 0 Å². The SMILES string of the molecule is CCOc1ccc(NC(=O)[C@@H](C)Sc2ccccc2)cc1S(=O)(=O)N(C)C. The summed E-state index contributed by atoms with van der Waals surface area (Å²) < 4.78 is 31.7. The van der Waals surface area contributed by atoms with Crippen molar-refractivity contribution in [1.82, 2.24) is 4.31 Å². The Morgan fingerprint density at radius 1 is 1.19 bits per heavy atom. The number of benzene rings is 2. The topological polar surface area (TPSA) is 75.7 Å². The minimum Gasteiger partial charge on any atom is -0.492 e. The molecule has 1 N–H and O–H groups in total. The highest BCUT2D eigenvalue weighted by molar-refractivity contribution is 8.00. The molecule has 2 rings (SSSR count). The average molecular weight is 409 g/mol. The Balaban J connectivity index is 2.22. The Kier molecular flexibility index (Phi) is 7.29. The zero-order valence-corrected chi connectivity index (χ0v) is 17.4. The number of carbonyl (C=O) groups excluding carboxylic acids is 1. The van der Waals surface area contributed by atoms with Gasteiger partial charge in [0, 0.05) is 24.7 Å². The number of amides is 1. The second-order valence-corrected chi connectivity index (χ2v) is 9.48. The fourth-order valence-corrected chi connectivity index (χ4v) is 4.20. The summed E-state index contributed by atoms with van der Waals surface area (Å²) >= 11 is 1.43. The summed E-state index contributed by atoms with van der Waals surface area (Å²) in [6.45, 7) is 3.93. The van der Waals surface area contributed by atoms with Crippen LogP contribution in [0, 0.1) is 0 Å². The molecule has 0 saturated carbocycles. The van der Waals surface area contributed by atoms with Crippen molar-refractivity contribution >= 4 is 33.4 Å². The van der Waals surface area contributed by atoms with E-state index < -0.39 is 10.0 Å². The lowest BCUT2D eigenvalue weighted by Gasteiger charge is -2.17. The van der Waals surface area contributed by atoms with Crippen LogP contribution < -0.4 is 10.1 Å². The predicted molar refractivity (Wildman–Crippen MR) is 109 cm³/mol. The number of sulfonamides is 1. The number of rotatable bonds is 8. The van der Waals surface area contributed by atoms with E-state index in [2.05, 4.69) is 5.32 Å². The number of anilines is 1. The number of carbonyl (C=O) groups is 1. The van der Waals surface area contributed by atoms with Gasteiger partial charge >= 0.3 is 0 Å². The molecular weight excluding hydrogens is 384 g/mol. The summed E-state index contributed by atoms with van der Waals surface area (Å²) in [5.74, 6) is 0.0529. The lowest BCUT2D eigenvalue weighted by atomic mass is 10.3. The summed E-state index contributed by atoms with van der Waals surface area (Å²) in [6.07, 6.45) is 0. The first kappa shape index (κ1) is 21.3. The summed E-state index contributed by atoms with van der Waals surface area (Å²) in [4.78, 5) is 13.5. The summed E-state index contributed by atoms with van der Waals surface area (Å²) in [5, 5.41) is 2.44. The van der Waals surface area contributed by atoms with Crippen LogP contribution in [0.1, 0.15) is 13.8 Å². The molecule has 0 bridgehead atoms. The van der Waals surface area contributed by atoms with Crippen molar-refractivity contribution in [3.8, 4) is 5.75 Å². The lowest BCUT2D eigenvalue weighted by molar-refractivity contribution is -0.115. The molecule has 0 aromatic heterocycles. The Bertz CT molecular complexity index is 884. The number of hydrogen-bond acceptors (Lipinski definition) is 5. The molecule has 6 nitrogen and oxygen atoms in total. The quantitative estimate of drug-likeness (QED) is 0.677. The third kappa shape index (κ3) is 5.47. The van der Waals surface area contributed by atoms with Crippen molar-refractivity contribution < 1.29 is 17.9 Å². The van der Waals surface area contributed by atoms with Gasteiger partial charge in [-0.25, -0.2) is 12.7 Å². The molecule has 1 atom stereocenters. The molecule has 146 valence electrons. The number of ether oxygens (including phenoxy) is 1. The molecule has 1 amide bonds. The average Bonchev–Trinajstić information content (AvgIpc) is 2.63. The van der Waals surface area contributed by atoms with Crippen LogP contribution in [0.15, 0.2) is 58.3 Å². The fourth-order valence-electron chi connectivity index (χ4n) is 2.26. The van der Waals surface area contributed by atoms with Crippen molar-refractivity contribution in [3.05, 3.63) is 48.5 Å². The van der Waals surface area contributed by atoms with Gasteiger partial charge in [0.25, 0.3) is 0 Å². The normalized spacial score (nSPS) is 12.6. The van der Waals surface area contributed by atoms with Crippen molar-refractivity contribution in [2.24, 2.45) is 0 Å². The van der Waals surface area contributed by atoms with Crippen LogP contribution in [-0.4, -0.2) is 44.6 Å². The van der Waals surface area contributed by atoms with Gasteiger partial charge in [-0.15, -0.1) is 11.8 Å². The van der Waals surface area contributed by atoms with Crippen LogP contribution in [0.2, 0.25) is 0 Å². The first-order valence-corrected chi connectivity index (χ1v) is 10.8. The first-order chi connectivity index (χ1) is 12.8. The largest absolute Gasteiger partial charge is 0.492 e. The van der Waals surface area contributed by atoms with Gasteiger partial charge < -0.3 is 10.1 Å². The third-order valence-corrected chi connectivity index (χ3v) is 6.64. The van der Waals surface area contributed by atoms with Gasteiger partial charge in [-0.3, -0.25) is 4.79 Å². The van der Waals surface area contributed by atoms with Crippen LogP contribution in [-0.2, 0) is 14.8 Å². The van der Waals surface area contributed by atoms with E-state index in [1.807, 2.05) is 30.3 Å². The van der Waals surface area contributed by atoms with Crippen molar-refractivity contribution in [3.63, 3.8) is 0 Å². The second-order valence-electron chi connectivity index (χ2n) is 5.94. The molecule has 0 aliphatic carbocycles. The standard InChI is InChI=1S/C19H24N2O4S2/c1-5-25-17-12-11-15(13-18(17)27(23,24)21(3)4)20-19(22)14(2)26-16-9-7-6-8-10-16/h6-14H,5H2,1-4H3,(H,20,22)/t14-/m1/s1. The Hall–Kier alpha value is -2.03. The second kappa shape index (κ2) is 9.25. The molecule has 0 fully saturated rings. The smallest absolute Gasteiger partial charge is 0.246 e. The zero-order valence-electron chi connectivity index (χ0n) is 15.8. The Morgan fingerprint density at radius 2 is 1.85 bits per heavy atom. The number of hydrogen-bond donors (Lipinski definition) is 1. The molecule has 0 saturated heterocycles. The fraction of sp³-hybridized carbons (Fsp3) is 0.316. The maximum atomic E-state index is 12.6. The van der Waals surface area contributed by atoms with Crippen molar-refractivity contribution in [2.45, 2.75) is 28.9 Å². The number of thioether (sulfide) groups is 1. The molecule has 0 aliphatic heterocycles. The van der Waals surface area contributed by atoms with Crippen LogP contribution >= 0.6 is 11.8 Å². The highest BCUT2D eigenvalue weighted by Gasteiger charge is 2.24. The van der Waals surface area contributed by atoms with E-state index in [1.54, 1.807) is 26.0 Å². The number of nitrogens with zero attached hydrogens (tertiary/aromatic N) is 1. The van der Waals surface area contributed by atoms with Gasteiger partial charge in [-0.2, -0.15) is 0 Å². The van der Waals surface area contributed by atoms with E-state index in [1.165, 1.54) is 31.9 Å². The molecule has 0 radical (unpaired) electrons. The summed E-state index contributed by atoms with van der Waals surface area (Å²) in [7, 11) is -0.798. The summed E-state index contributed by atoms with van der Waals surface area (Å²) in [6, 6.07) is 14.2. The van der Waals surface area contributed by atoms with E-state index >= 15 is 0 Å².